The molecule has 2 aromatic rings. The molecule has 2 N–H and O–H groups in total. The zero-order valence-electron chi connectivity index (χ0n) is 13.7. The molecule has 1 aromatic heterocycles. The fourth-order valence-electron chi connectivity index (χ4n) is 2.96. The van der Waals surface area contributed by atoms with E-state index in [2.05, 4.69) is 27.8 Å². The normalized spacial score (nSPS) is 18.5. The highest BCUT2D eigenvalue weighted by Gasteiger charge is 2.25. The van der Waals surface area contributed by atoms with Gasteiger partial charge in [0.05, 0.1) is 0 Å². The van der Waals surface area contributed by atoms with E-state index in [1.165, 1.54) is 5.56 Å². The first-order chi connectivity index (χ1) is 11.6. The second-order valence-electron chi connectivity index (χ2n) is 5.99. The summed E-state index contributed by atoms with van der Waals surface area (Å²) in [6, 6.07) is 8.27. The number of amides is 1. The van der Waals surface area contributed by atoms with Crippen LogP contribution in [0.2, 0.25) is 0 Å². The van der Waals surface area contributed by atoms with Gasteiger partial charge in [-0.2, -0.15) is 0 Å². The van der Waals surface area contributed by atoms with Gasteiger partial charge >= 0.3 is 0 Å². The molecule has 1 atom stereocenters. The number of hydrogen-bond donors (Lipinski definition) is 1. The van der Waals surface area contributed by atoms with Gasteiger partial charge in [0.1, 0.15) is 5.75 Å². The predicted octanol–water partition coefficient (Wildman–Crippen LogP) is 1.72. The molecule has 1 amide bonds. The Kier molecular flexibility index (Phi) is 5.32. The number of aromatic nitrogens is 1. The van der Waals surface area contributed by atoms with E-state index in [0.717, 1.165) is 31.3 Å². The summed E-state index contributed by atoms with van der Waals surface area (Å²) in [6.07, 6.45) is 1.86. The van der Waals surface area contributed by atoms with E-state index in [0.29, 0.717) is 11.8 Å². The van der Waals surface area contributed by atoms with Gasteiger partial charge in [-0.1, -0.05) is 12.1 Å². The summed E-state index contributed by atoms with van der Waals surface area (Å²) in [5, 5.41) is 3.12. The second kappa shape index (κ2) is 7.63. The van der Waals surface area contributed by atoms with Crippen LogP contribution in [0.15, 0.2) is 35.8 Å². The van der Waals surface area contributed by atoms with Crippen LogP contribution in [0, 0.1) is 0 Å². The first-order valence-corrected chi connectivity index (χ1v) is 8.88. The Morgan fingerprint density at radius 3 is 3.04 bits per heavy atom. The molecule has 6 nitrogen and oxygen atoms in total. The van der Waals surface area contributed by atoms with Crippen LogP contribution in [-0.4, -0.2) is 48.1 Å². The van der Waals surface area contributed by atoms with Crippen molar-refractivity contribution in [2.45, 2.75) is 19.5 Å². The number of primary amides is 1. The maximum absolute atomic E-state index is 10.8. The summed E-state index contributed by atoms with van der Waals surface area (Å²) in [6.45, 7) is 5.98. The molecule has 0 spiro atoms. The van der Waals surface area contributed by atoms with Crippen LogP contribution in [-0.2, 0) is 11.3 Å². The molecule has 0 saturated carbocycles. The molecule has 2 heterocycles. The van der Waals surface area contributed by atoms with Crippen molar-refractivity contribution in [1.29, 1.82) is 0 Å². The van der Waals surface area contributed by atoms with E-state index < -0.39 is 5.91 Å². The van der Waals surface area contributed by atoms with Gasteiger partial charge in [0, 0.05) is 43.8 Å². The number of rotatable bonds is 6. The number of nitrogens with zero attached hydrogens (tertiary/aromatic N) is 3. The van der Waals surface area contributed by atoms with Crippen LogP contribution in [0.25, 0.3) is 0 Å². The van der Waals surface area contributed by atoms with Gasteiger partial charge in [0.25, 0.3) is 5.91 Å². The van der Waals surface area contributed by atoms with Gasteiger partial charge in [0.15, 0.2) is 11.7 Å². The van der Waals surface area contributed by atoms with Crippen LogP contribution in [0.3, 0.4) is 0 Å². The standard InChI is InChI=1S/C17H22N4O2S/c1-13-10-20(6-7-21(13)17-19-5-8-24-17)11-14-3-2-4-15(9-14)23-12-16(18)22/h2-5,8-9,13H,6-7,10-12H2,1H3,(H2,18,22). The lowest BCUT2D eigenvalue weighted by Gasteiger charge is -2.39. The van der Waals surface area contributed by atoms with Crippen LogP contribution in [0.5, 0.6) is 5.75 Å². The fraction of sp³-hybridized carbons (Fsp3) is 0.412. The molecule has 0 radical (unpaired) electrons. The first-order valence-electron chi connectivity index (χ1n) is 8.00. The van der Waals surface area contributed by atoms with Crippen molar-refractivity contribution >= 4 is 22.4 Å². The number of anilines is 1. The van der Waals surface area contributed by atoms with E-state index in [4.69, 9.17) is 10.5 Å². The lowest BCUT2D eigenvalue weighted by atomic mass is 10.1. The first kappa shape index (κ1) is 16.7. The Bertz CT molecular complexity index is 677. The summed E-state index contributed by atoms with van der Waals surface area (Å²) < 4.78 is 5.38. The maximum atomic E-state index is 10.8. The van der Waals surface area contributed by atoms with E-state index >= 15 is 0 Å². The lowest BCUT2D eigenvalue weighted by Crippen LogP contribution is -2.51. The SMILES string of the molecule is CC1CN(Cc2cccc(OCC(N)=O)c2)CCN1c1nccs1. The number of ether oxygens (including phenoxy) is 1. The Hall–Kier alpha value is -2.12. The quantitative estimate of drug-likeness (QED) is 0.862. The van der Waals surface area contributed by atoms with Crippen molar-refractivity contribution in [2.75, 3.05) is 31.1 Å². The summed E-state index contributed by atoms with van der Waals surface area (Å²) in [5.74, 6) is 0.216. The number of thiazole rings is 1. The van der Waals surface area contributed by atoms with Gasteiger partial charge in [-0.3, -0.25) is 9.69 Å². The largest absolute Gasteiger partial charge is 0.484 e. The molecule has 1 aliphatic heterocycles. The van der Waals surface area contributed by atoms with E-state index in [1.54, 1.807) is 11.3 Å². The van der Waals surface area contributed by atoms with Crippen molar-refractivity contribution in [1.82, 2.24) is 9.88 Å². The van der Waals surface area contributed by atoms with Crippen molar-refractivity contribution in [3.05, 3.63) is 41.4 Å². The number of benzene rings is 1. The molecule has 128 valence electrons. The number of hydrogen-bond acceptors (Lipinski definition) is 6. The zero-order chi connectivity index (χ0) is 16.9. The Morgan fingerprint density at radius 1 is 1.46 bits per heavy atom. The number of carbonyl (C=O) groups excluding carboxylic acids is 1. The van der Waals surface area contributed by atoms with Gasteiger partial charge in [-0.15, -0.1) is 11.3 Å². The van der Waals surface area contributed by atoms with E-state index in [1.807, 2.05) is 29.8 Å². The van der Waals surface area contributed by atoms with Crippen molar-refractivity contribution < 1.29 is 9.53 Å². The Labute approximate surface area is 145 Å². The van der Waals surface area contributed by atoms with Crippen molar-refractivity contribution in [2.24, 2.45) is 5.73 Å². The summed E-state index contributed by atoms with van der Waals surface area (Å²) in [7, 11) is 0. The maximum Gasteiger partial charge on any atom is 0.255 e. The summed E-state index contributed by atoms with van der Waals surface area (Å²) in [5.41, 5.74) is 6.29. The third kappa shape index (κ3) is 4.24. The minimum absolute atomic E-state index is 0.0903. The highest BCUT2D eigenvalue weighted by atomic mass is 32.1. The molecular formula is C17H22N4O2S. The molecule has 24 heavy (non-hydrogen) atoms. The van der Waals surface area contributed by atoms with Crippen LogP contribution >= 0.6 is 11.3 Å². The Morgan fingerprint density at radius 2 is 2.33 bits per heavy atom. The van der Waals surface area contributed by atoms with Gasteiger partial charge in [0.2, 0.25) is 0 Å². The zero-order valence-corrected chi connectivity index (χ0v) is 14.5. The third-order valence-corrected chi connectivity index (χ3v) is 4.87. The smallest absolute Gasteiger partial charge is 0.255 e. The van der Waals surface area contributed by atoms with Crippen LogP contribution in [0.4, 0.5) is 5.13 Å². The highest BCUT2D eigenvalue weighted by molar-refractivity contribution is 7.13. The number of piperazine rings is 1. The molecule has 1 aliphatic rings. The number of nitrogens with two attached hydrogens (primary N) is 1. The molecule has 1 saturated heterocycles. The molecule has 0 bridgehead atoms. The monoisotopic (exact) mass is 346 g/mol. The lowest BCUT2D eigenvalue weighted by molar-refractivity contribution is -0.119. The summed E-state index contributed by atoms with van der Waals surface area (Å²) in [4.78, 5) is 20.0. The predicted molar refractivity (Wildman–Crippen MR) is 95.3 cm³/mol. The van der Waals surface area contributed by atoms with E-state index in [9.17, 15) is 4.79 Å². The third-order valence-electron chi connectivity index (χ3n) is 4.06. The molecular weight excluding hydrogens is 324 g/mol. The van der Waals surface area contributed by atoms with Crippen LogP contribution in [0.1, 0.15) is 12.5 Å². The fourth-order valence-corrected chi connectivity index (χ4v) is 3.74. The molecule has 0 aliphatic carbocycles. The number of carbonyl (C=O) groups is 1. The average molecular weight is 346 g/mol. The topological polar surface area (TPSA) is 71.7 Å². The molecule has 1 fully saturated rings. The minimum atomic E-state index is -0.465. The second-order valence-corrected chi connectivity index (χ2v) is 6.87. The van der Waals surface area contributed by atoms with Crippen molar-refractivity contribution in [3.8, 4) is 5.75 Å². The minimum Gasteiger partial charge on any atom is -0.484 e. The van der Waals surface area contributed by atoms with Gasteiger partial charge in [-0.25, -0.2) is 4.98 Å². The molecule has 1 aromatic carbocycles. The molecule has 7 heteroatoms. The van der Waals surface area contributed by atoms with Crippen molar-refractivity contribution in [3.63, 3.8) is 0 Å². The van der Waals surface area contributed by atoms with Gasteiger partial charge < -0.3 is 15.4 Å². The molecule has 1 unspecified atom stereocenters. The van der Waals surface area contributed by atoms with Gasteiger partial charge in [-0.05, 0) is 24.6 Å². The van der Waals surface area contributed by atoms with Crippen LogP contribution < -0.4 is 15.4 Å². The van der Waals surface area contributed by atoms with E-state index in [-0.39, 0.29) is 6.61 Å². The molecule has 3 rings (SSSR count). The summed E-state index contributed by atoms with van der Waals surface area (Å²) >= 11 is 1.69. The Balaban J connectivity index is 1.57. The average Bonchev–Trinajstić information content (AvgIpc) is 3.08. The highest BCUT2D eigenvalue weighted by Crippen LogP contribution is 2.24.